The second-order valence-electron chi connectivity index (χ2n) is 7.90. The molecular weight excluding hydrogens is 371 g/mol. The highest BCUT2D eigenvalue weighted by molar-refractivity contribution is 5.95. The van der Waals surface area contributed by atoms with E-state index in [1.165, 1.54) is 12.3 Å². The van der Waals surface area contributed by atoms with Gasteiger partial charge in [-0.25, -0.2) is 14.4 Å². The lowest BCUT2D eigenvalue weighted by atomic mass is 9.83. The summed E-state index contributed by atoms with van der Waals surface area (Å²) < 4.78 is 20.0. The van der Waals surface area contributed by atoms with E-state index in [9.17, 15) is 9.18 Å². The maximum atomic E-state index is 14.5. The molecule has 3 aromatic rings. The van der Waals surface area contributed by atoms with E-state index in [4.69, 9.17) is 4.42 Å². The zero-order chi connectivity index (χ0) is 20.5. The first-order chi connectivity index (χ1) is 13.9. The van der Waals surface area contributed by atoms with Gasteiger partial charge in [-0.05, 0) is 50.5 Å². The van der Waals surface area contributed by atoms with Crippen LogP contribution in [0.4, 0.5) is 10.2 Å². The summed E-state index contributed by atoms with van der Waals surface area (Å²) in [5, 5.41) is 4.39. The van der Waals surface area contributed by atoms with E-state index in [2.05, 4.69) is 20.2 Å². The van der Waals surface area contributed by atoms with E-state index in [0.717, 1.165) is 31.1 Å². The lowest BCUT2D eigenvalue weighted by Crippen LogP contribution is -2.43. The van der Waals surface area contributed by atoms with Gasteiger partial charge in [0.1, 0.15) is 11.6 Å². The Kier molecular flexibility index (Phi) is 5.32. The summed E-state index contributed by atoms with van der Waals surface area (Å²) in [5.41, 5.74) is 0.335. The number of benzene rings is 1. The van der Waals surface area contributed by atoms with Gasteiger partial charge in [0.25, 0.3) is 0 Å². The number of oxazole rings is 1. The van der Waals surface area contributed by atoms with Crippen molar-refractivity contribution in [3.63, 3.8) is 0 Å². The standard InChI is InChI=1S/C22H25FN4O2/c1-13-24-12-20(29-13)17-8-14-10-21(25-11-15(14)9-18(17)23)26-22(28)16-6-4-5-7-19(16)27(2)3/h8-12,16,19H,4-7H2,1-3H3,(H,25,26,28). The average molecular weight is 396 g/mol. The van der Waals surface area contributed by atoms with Crippen LogP contribution in [0, 0.1) is 18.7 Å². The topological polar surface area (TPSA) is 71.3 Å². The average Bonchev–Trinajstić information content (AvgIpc) is 3.13. The molecule has 0 bridgehead atoms. The number of amides is 1. The van der Waals surface area contributed by atoms with Gasteiger partial charge in [-0.2, -0.15) is 0 Å². The van der Waals surface area contributed by atoms with Gasteiger partial charge in [0.05, 0.1) is 17.7 Å². The van der Waals surface area contributed by atoms with Crippen LogP contribution in [-0.4, -0.2) is 40.9 Å². The highest BCUT2D eigenvalue weighted by atomic mass is 19.1. The number of fused-ring (bicyclic) bond motifs is 1. The van der Waals surface area contributed by atoms with Crippen LogP contribution in [0.2, 0.25) is 0 Å². The Morgan fingerprint density at radius 3 is 2.66 bits per heavy atom. The van der Waals surface area contributed by atoms with Crippen molar-refractivity contribution < 1.29 is 13.6 Å². The molecular formula is C22H25FN4O2. The number of anilines is 1. The molecule has 4 rings (SSSR count). The van der Waals surface area contributed by atoms with Crippen molar-refractivity contribution in [1.82, 2.24) is 14.9 Å². The SMILES string of the molecule is Cc1ncc(-c2cc3cc(NC(=O)C4CCCCC4N(C)C)ncc3cc2F)o1. The zero-order valence-electron chi connectivity index (χ0n) is 16.9. The van der Waals surface area contributed by atoms with Crippen LogP contribution in [0.15, 0.2) is 35.0 Å². The van der Waals surface area contributed by atoms with Crippen LogP contribution >= 0.6 is 0 Å². The third-order valence-corrected chi connectivity index (χ3v) is 5.68. The molecule has 1 aromatic carbocycles. The van der Waals surface area contributed by atoms with E-state index < -0.39 is 5.82 Å². The largest absolute Gasteiger partial charge is 0.441 e. The summed E-state index contributed by atoms with van der Waals surface area (Å²) in [6, 6.07) is 5.13. The molecule has 0 spiro atoms. The molecule has 29 heavy (non-hydrogen) atoms. The predicted molar refractivity (Wildman–Crippen MR) is 110 cm³/mol. The van der Waals surface area contributed by atoms with Gasteiger partial charge in [-0.3, -0.25) is 4.79 Å². The van der Waals surface area contributed by atoms with Crippen LogP contribution in [0.5, 0.6) is 0 Å². The molecule has 152 valence electrons. The maximum Gasteiger partial charge on any atom is 0.230 e. The second-order valence-corrected chi connectivity index (χ2v) is 7.90. The first-order valence-electron chi connectivity index (χ1n) is 9.92. The summed E-state index contributed by atoms with van der Waals surface area (Å²) in [5.74, 6) is 0.853. The number of nitrogens with zero attached hydrogens (tertiary/aromatic N) is 3. The number of aromatic nitrogens is 2. The number of aryl methyl sites for hydroxylation is 1. The lowest BCUT2D eigenvalue weighted by Gasteiger charge is -2.35. The zero-order valence-corrected chi connectivity index (χ0v) is 16.9. The Balaban J connectivity index is 1.61. The molecule has 1 aliphatic carbocycles. The Morgan fingerprint density at radius 2 is 1.93 bits per heavy atom. The fraction of sp³-hybridized carbons (Fsp3) is 0.409. The summed E-state index contributed by atoms with van der Waals surface area (Å²) in [6.45, 7) is 1.71. The molecule has 1 amide bonds. The van der Waals surface area contributed by atoms with Gasteiger partial charge >= 0.3 is 0 Å². The quantitative estimate of drug-likeness (QED) is 0.708. The van der Waals surface area contributed by atoms with Crippen molar-refractivity contribution in [2.45, 2.75) is 38.6 Å². The smallest absolute Gasteiger partial charge is 0.230 e. The number of nitrogens with one attached hydrogen (secondary N) is 1. The molecule has 1 aliphatic rings. The van der Waals surface area contributed by atoms with Crippen LogP contribution in [0.3, 0.4) is 0 Å². The predicted octanol–water partition coefficient (Wildman–Crippen LogP) is 4.40. The highest BCUT2D eigenvalue weighted by Gasteiger charge is 2.32. The van der Waals surface area contributed by atoms with Gasteiger partial charge in [-0.1, -0.05) is 12.8 Å². The number of rotatable bonds is 4. The molecule has 0 aliphatic heterocycles. The first-order valence-corrected chi connectivity index (χ1v) is 9.92. The molecule has 7 heteroatoms. The number of pyridine rings is 1. The summed E-state index contributed by atoms with van der Waals surface area (Å²) in [6.07, 6.45) is 7.20. The minimum absolute atomic E-state index is 0.0107. The van der Waals surface area contributed by atoms with E-state index in [1.807, 2.05) is 14.1 Å². The van der Waals surface area contributed by atoms with Gasteiger partial charge < -0.3 is 14.6 Å². The van der Waals surface area contributed by atoms with Gasteiger partial charge in [0, 0.05) is 24.5 Å². The van der Waals surface area contributed by atoms with Crippen molar-refractivity contribution in [3.05, 3.63) is 42.3 Å². The van der Waals surface area contributed by atoms with Crippen LogP contribution in [0.1, 0.15) is 31.6 Å². The van der Waals surface area contributed by atoms with E-state index in [0.29, 0.717) is 28.4 Å². The fourth-order valence-electron chi connectivity index (χ4n) is 4.16. The van der Waals surface area contributed by atoms with Crippen molar-refractivity contribution in [3.8, 4) is 11.3 Å². The van der Waals surface area contributed by atoms with Gasteiger partial charge in [-0.15, -0.1) is 0 Å². The monoisotopic (exact) mass is 396 g/mol. The van der Waals surface area contributed by atoms with Gasteiger partial charge in [0.15, 0.2) is 11.7 Å². The van der Waals surface area contributed by atoms with Crippen molar-refractivity contribution >= 4 is 22.5 Å². The Bertz CT molecular complexity index is 1050. The molecule has 2 heterocycles. The van der Waals surface area contributed by atoms with E-state index in [1.54, 1.807) is 25.3 Å². The lowest BCUT2D eigenvalue weighted by molar-refractivity contribution is -0.122. The molecule has 6 nitrogen and oxygen atoms in total. The number of hydrogen-bond donors (Lipinski definition) is 1. The summed E-state index contributed by atoms with van der Waals surface area (Å²) in [7, 11) is 4.04. The van der Waals surface area contributed by atoms with Gasteiger partial charge in [0.2, 0.25) is 5.91 Å². The Hall–Kier alpha value is -2.80. The Morgan fingerprint density at radius 1 is 1.14 bits per heavy atom. The minimum Gasteiger partial charge on any atom is -0.441 e. The maximum absolute atomic E-state index is 14.5. The Labute approximate surface area is 169 Å². The first kappa shape index (κ1) is 19.5. The van der Waals surface area contributed by atoms with Crippen molar-refractivity contribution in [1.29, 1.82) is 0 Å². The third kappa shape index (κ3) is 4.00. The molecule has 1 N–H and O–H groups in total. The second kappa shape index (κ2) is 7.91. The summed E-state index contributed by atoms with van der Waals surface area (Å²) in [4.78, 5) is 23.4. The minimum atomic E-state index is -0.400. The molecule has 0 saturated heterocycles. The van der Waals surface area contributed by atoms with Crippen LogP contribution in [0.25, 0.3) is 22.1 Å². The van der Waals surface area contributed by atoms with Crippen LogP contribution < -0.4 is 5.32 Å². The van der Waals surface area contributed by atoms with E-state index >= 15 is 0 Å². The number of carbonyl (C=O) groups excluding carboxylic acids is 1. The number of halogens is 1. The molecule has 2 atom stereocenters. The van der Waals surface area contributed by atoms with Crippen molar-refractivity contribution in [2.24, 2.45) is 5.92 Å². The normalized spacial score (nSPS) is 19.6. The number of hydrogen-bond acceptors (Lipinski definition) is 5. The molecule has 2 aromatic heterocycles. The third-order valence-electron chi connectivity index (χ3n) is 5.68. The van der Waals surface area contributed by atoms with Crippen LogP contribution in [-0.2, 0) is 4.79 Å². The molecule has 0 radical (unpaired) electrons. The van der Waals surface area contributed by atoms with E-state index in [-0.39, 0.29) is 17.9 Å². The highest BCUT2D eigenvalue weighted by Crippen LogP contribution is 2.31. The fourth-order valence-corrected chi connectivity index (χ4v) is 4.16. The van der Waals surface area contributed by atoms with Crippen molar-refractivity contribution in [2.75, 3.05) is 19.4 Å². The molecule has 1 fully saturated rings. The number of carbonyl (C=O) groups is 1. The summed E-state index contributed by atoms with van der Waals surface area (Å²) >= 11 is 0. The molecule has 1 saturated carbocycles. The molecule has 2 unspecified atom stereocenters.